The summed E-state index contributed by atoms with van der Waals surface area (Å²) in [6, 6.07) is 0.230. The molecule has 2 heterocycles. The lowest BCUT2D eigenvalue weighted by Crippen LogP contribution is -2.46. The van der Waals surface area contributed by atoms with Crippen LogP contribution in [0.4, 0.5) is 0 Å². The van der Waals surface area contributed by atoms with E-state index in [-0.39, 0.29) is 11.9 Å². The molecule has 2 aliphatic rings. The summed E-state index contributed by atoms with van der Waals surface area (Å²) in [5.74, 6) is 0.290. The van der Waals surface area contributed by atoms with Crippen molar-refractivity contribution < 1.29 is 9.53 Å². The SMILES string of the molecule is O=C(CC1COCCN1)N1CCCCC1. The van der Waals surface area contributed by atoms with Crippen LogP contribution in [0.15, 0.2) is 0 Å². The summed E-state index contributed by atoms with van der Waals surface area (Å²) in [5, 5.41) is 3.32. The minimum absolute atomic E-state index is 0.230. The Bertz CT molecular complexity index is 209. The minimum Gasteiger partial charge on any atom is -0.378 e. The van der Waals surface area contributed by atoms with Crippen LogP contribution in [0, 0.1) is 0 Å². The van der Waals surface area contributed by atoms with Crippen LogP contribution in [-0.4, -0.2) is 49.7 Å². The number of nitrogens with zero attached hydrogens (tertiary/aromatic N) is 1. The normalized spacial score (nSPS) is 27.7. The summed E-state index contributed by atoms with van der Waals surface area (Å²) in [6.45, 7) is 4.23. The molecule has 0 aliphatic carbocycles. The number of rotatable bonds is 2. The van der Waals surface area contributed by atoms with Crippen LogP contribution >= 0.6 is 0 Å². The van der Waals surface area contributed by atoms with Crippen molar-refractivity contribution in [2.75, 3.05) is 32.8 Å². The summed E-state index contributed by atoms with van der Waals surface area (Å²) >= 11 is 0. The lowest BCUT2D eigenvalue weighted by atomic mass is 10.1. The van der Waals surface area contributed by atoms with Crippen molar-refractivity contribution in [1.29, 1.82) is 0 Å². The molecule has 2 aliphatic heterocycles. The third-order valence-electron chi connectivity index (χ3n) is 3.13. The van der Waals surface area contributed by atoms with Crippen LogP contribution in [-0.2, 0) is 9.53 Å². The number of carbonyl (C=O) groups excluding carboxylic acids is 1. The Hall–Kier alpha value is -0.610. The number of amides is 1. The van der Waals surface area contributed by atoms with E-state index in [0.717, 1.165) is 26.2 Å². The molecule has 0 aromatic heterocycles. The van der Waals surface area contributed by atoms with Gasteiger partial charge in [0.1, 0.15) is 0 Å². The molecule has 2 saturated heterocycles. The second-order valence-corrected chi connectivity index (χ2v) is 4.37. The molecule has 0 spiro atoms. The summed E-state index contributed by atoms with van der Waals surface area (Å²) in [5.41, 5.74) is 0. The number of hydrogen-bond donors (Lipinski definition) is 1. The molecule has 86 valence electrons. The van der Waals surface area contributed by atoms with Crippen LogP contribution in [0.2, 0.25) is 0 Å². The topological polar surface area (TPSA) is 41.6 Å². The number of nitrogens with one attached hydrogen (secondary N) is 1. The first kappa shape index (κ1) is 10.9. The molecule has 1 amide bonds. The van der Waals surface area contributed by atoms with E-state index in [2.05, 4.69) is 5.32 Å². The van der Waals surface area contributed by atoms with Gasteiger partial charge in [-0.05, 0) is 19.3 Å². The molecule has 1 unspecified atom stereocenters. The molecule has 1 N–H and O–H groups in total. The maximum absolute atomic E-state index is 11.9. The summed E-state index contributed by atoms with van der Waals surface area (Å²) in [4.78, 5) is 13.9. The Morgan fingerprint density at radius 1 is 1.33 bits per heavy atom. The van der Waals surface area contributed by atoms with E-state index in [9.17, 15) is 4.79 Å². The van der Waals surface area contributed by atoms with Gasteiger partial charge in [0.05, 0.1) is 13.2 Å². The van der Waals surface area contributed by atoms with E-state index >= 15 is 0 Å². The van der Waals surface area contributed by atoms with Crippen molar-refractivity contribution >= 4 is 5.91 Å². The number of carbonyl (C=O) groups is 1. The van der Waals surface area contributed by atoms with Gasteiger partial charge in [-0.1, -0.05) is 0 Å². The molecule has 0 aromatic carbocycles. The maximum atomic E-state index is 11.9. The van der Waals surface area contributed by atoms with Gasteiger partial charge in [0.15, 0.2) is 0 Å². The Kier molecular flexibility index (Phi) is 3.97. The molecule has 1 atom stereocenters. The number of hydrogen-bond acceptors (Lipinski definition) is 3. The fourth-order valence-corrected chi connectivity index (χ4v) is 2.23. The molecule has 4 heteroatoms. The Balaban J connectivity index is 1.74. The fourth-order valence-electron chi connectivity index (χ4n) is 2.23. The highest BCUT2D eigenvalue weighted by molar-refractivity contribution is 5.76. The van der Waals surface area contributed by atoms with Crippen molar-refractivity contribution in [2.45, 2.75) is 31.7 Å². The van der Waals surface area contributed by atoms with E-state index in [0.29, 0.717) is 13.0 Å². The molecule has 0 bridgehead atoms. The number of piperidine rings is 1. The van der Waals surface area contributed by atoms with Gasteiger partial charge in [-0.25, -0.2) is 0 Å². The maximum Gasteiger partial charge on any atom is 0.224 e. The summed E-state index contributed by atoms with van der Waals surface area (Å²) in [7, 11) is 0. The zero-order valence-electron chi connectivity index (χ0n) is 9.21. The zero-order chi connectivity index (χ0) is 10.5. The summed E-state index contributed by atoms with van der Waals surface area (Å²) in [6.07, 6.45) is 4.20. The predicted molar refractivity (Wildman–Crippen MR) is 57.7 cm³/mol. The van der Waals surface area contributed by atoms with Crippen LogP contribution in [0.3, 0.4) is 0 Å². The number of ether oxygens (including phenoxy) is 1. The van der Waals surface area contributed by atoms with Crippen LogP contribution < -0.4 is 5.32 Å². The zero-order valence-corrected chi connectivity index (χ0v) is 9.21. The molecule has 2 rings (SSSR count). The Labute approximate surface area is 91.0 Å². The molecule has 0 saturated carbocycles. The lowest BCUT2D eigenvalue weighted by molar-refractivity contribution is -0.133. The van der Waals surface area contributed by atoms with Gasteiger partial charge in [-0.3, -0.25) is 4.79 Å². The number of morpholine rings is 1. The van der Waals surface area contributed by atoms with Gasteiger partial charge in [0.2, 0.25) is 5.91 Å². The molecular formula is C11H20N2O2. The van der Waals surface area contributed by atoms with Crippen molar-refractivity contribution in [2.24, 2.45) is 0 Å². The number of likely N-dealkylation sites (tertiary alicyclic amines) is 1. The second-order valence-electron chi connectivity index (χ2n) is 4.37. The average molecular weight is 212 g/mol. The van der Waals surface area contributed by atoms with Crippen molar-refractivity contribution in [3.63, 3.8) is 0 Å². The quantitative estimate of drug-likeness (QED) is 0.719. The lowest BCUT2D eigenvalue weighted by Gasteiger charge is -2.30. The second kappa shape index (κ2) is 5.47. The minimum atomic E-state index is 0.230. The van der Waals surface area contributed by atoms with Crippen molar-refractivity contribution in [1.82, 2.24) is 10.2 Å². The Morgan fingerprint density at radius 3 is 2.80 bits per heavy atom. The van der Waals surface area contributed by atoms with Crippen LogP contribution in [0.25, 0.3) is 0 Å². The van der Waals surface area contributed by atoms with Gasteiger partial charge in [-0.15, -0.1) is 0 Å². The van der Waals surface area contributed by atoms with Crippen LogP contribution in [0.1, 0.15) is 25.7 Å². The third kappa shape index (κ3) is 3.18. The predicted octanol–water partition coefficient (Wildman–Crippen LogP) is 0.377. The first-order chi connectivity index (χ1) is 7.36. The van der Waals surface area contributed by atoms with E-state index in [4.69, 9.17) is 4.74 Å². The highest BCUT2D eigenvalue weighted by Crippen LogP contribution is 2.11. The molecule has 15 heavy (non-hydrogen) atoms. The smallest absolute Gasteiger partial charge is 0.224 e. The van der Waals surface area contributed by atoms with Gasteiger partial charge in [0.25, 0.3) is 0 Å². The third-order valence-corrected chi connectivity index (χ3v) is 3.13. The molecule has 2 fully saturated rings. The van der Waals surface area contributed by atoms with E-state index < -0.39 is 0 Å². The van der Waals surface area contributed by atoms with Crippen molar-refractivity contribution in [3.8, 4) is 0 Å². The highest BCUT2D eigenvalue weighted by atomic mass is 16.5. The molecule has 0 radical (unpaired) electrons. The molecule has 0 aromatic rings. The highest BCUT2D eigenvalue weighted by Gasteiger charge is 2.21. The first-order valence-electron chi connectivity index (χ1n) is 5.95. The standard InChI is InChI=1S/C11H20N2O2/c14-11(13-5-2-1-3-6-13)8-10-9-15-7-4-12-10/h10,12H,1-9H2. The van der Waals surface area contributed by atoms with Gasteiger partial charge >= 0.3 is 0 Å². The monoisotopic (exact) mass is 212 g/mol. The average Bonchev–Trinajstić information content (AvgIpc) is 2.31. The summed E-state index contributed by atoms with van der Waals surface area (Å²) < 4.78 is 5.34. The van der Waals surface area contributed by atoms with E-state index in [1.807, 2.05) is 4.90 Å². The first-order valence-corrected chi connectivity index (χ1v) is 5.95. The largest absolute Gasteiger partial charge is 0.378 e. The van der Waals surface area contributed by atoms with E-state index in [1.165, 1.54) is 19.3 Å². The van der Waals surface area contributed by atoms with Crippen molar-refractivity contribution in [3.05, 3.63) is 0 Å². The van der Waals surface area contributed by atoms with E-state index in [1.54, 1.807) is 0 Å². The fraction of sp³-hybridized carbons (Fsp3) is 0.909. The van der Waals surface area contributed by atoms with Gasteiger partial charge in [-0.2, -0.15) is 0 Å². The van der Waals surface area contributed by atoms with Gasteiger partial charge in [0, 0.05) is 32.1 Å². The Morgan fingerprint density at radius 2 is 2.13 bits per heavy atom. The van der Waals surface area contributed by atoms with Gasteiger partial charge < -0.3 is 15.0 Å². The molecule has 4 nitrogen and oxygen atoms in total. The van der Waals surface area contributed by atoms with Crippen LogP contribution in [0.5, 0.6) is 0 Å². The molecular weight excluding hydrogens is 192 g/mol.